The molecule has 5 heterocycles. The first-order chi connectivity index (χ1) is 25.3. The first kappa shape index (κ1) is 28.2. The van der Waals surface area contributed by atoms with E-state index >= 15 is 0 Å². The van der Waals surface area contributed by atoms with E-state index < -0.39 is 0 Å². The fraction of sp³-hybridized carbons (Fsp3) is 0. The fourth-order valence-corrected chi connectivity index (χ4v) is 8.76. The van der Waals surface area contributed by atoms with Crippen molar-refractivity contribution in [2.75, 3.05) is 0 Å². The fourth-order valence-electron chi connectivity index (χ4n) is 7.64. The number of para-hydroxylation sites is 3. The Hall–Kier alpha value is -6.70. The van der Waals surface area contributed by atoms with Crippen molar-refractivity contribution in [3.63, 3.8) is 0 Å². The van der Waals surface area contributed by atoms with Crippen molar-refractivity contribution in [1.82, 2.24) is 29.1 Å². The number of benzene rings is 6. The molecule has 0 saturated heterocycles. The lowest BCUT2D eigenvalue weighted by Crippen LogP contribution is -2.07. The summed E-state index contributed by atoms with van der Waals surface area (Å²) in [6.07, 6.45) is 3.85. The van der Waals surface area contributed by atoms with E-state index in [9.17, 15) is 0 Å². The predicted octanol–water partition coefficient (Wildman–Crippen LogP) is 11.2. The zero-order valence-corrected chi connectivity index (χ0v) is 27.9. The molecular formula is C44H26N6S. The Kier molecular flexibility index (Phi) is 6.02. The SMILES string of the molecule is c1ccc(-c2nc(-c3ccccc3-n3c4ccncc4c4cc5c(cc43)sc3ccccc35)nc(-n3c4ccccc4c4ccccc43)n2)cc1. The summed E-state index contributed by atoms with van der Waals surface area (Å²) in [6, 6.07) is 50.9. The maximum absolute atomic E-state index is 5.30. The van der Waals surface area contributed by atoms with Crippen LogP contribution in [0.4, 0.5) is 0 Å². The van der Waals surface area contributed by atoms with Gasteiger partial charge in [0.1, 0.15) is 0 Å². The maximum Gasteiger partial charge on any atom is 0.238 e. The van der Waals surface area contributed by atoms with Gasteiger partial charge in [-0.1, -0.05) is 97.1 Å². The average Bonchev–Trinajstić information content (AvgIpc) is 3.84. The second kappa shape index (κ2) is 10.9. The Labute approximate surface area is 295 Å². The van der Waals surface area contributed by atoms with Gasteiger partial charge in [-0.05, 0) is 48.5 Å². The molecule has 0 saturated carbocycles. The van der Waals surface area contributed by atoms with E-state index in [0.29, 0.717) is 17.6 Å². The average molecular weight is 671 g/mol. The second-order valence-electron chi connectivity index (χ2n) is 12.7. The molecule has 0 bridgehead atoms. The molecule has 0 aliphatic carbocycles. The maximum atomic E-state index is 5.30. The molecule has 51 heavy (non-hydrogen) atoms. The zero-order chi connectivity index (χ0) is 33.5. The minimum atomic E-state index is 0.574. The third kappa shape index (κ3) is 4.22. The molecule has 11 rings (SSSR count). The predicted molar refractivity (Wildman–Crippen MR) is 210 cm³/mol. The first-order valence-electron chi connectivity index (χ1n) is 16.9. The molecule has 0 aliphatic heterocycles. The number of pyridine rings is 1. The van der Waals surface area contributed by atoms with Crippen LogP contribution in [0.5, 0.6) is 0 Å². The van der Waals surface area contributed by atoms with E-state index in [1.165, 1.54) is 20.2 Å². The Morgan fingerprint density at radius 1 is 0.431 bits per heavy atom. The van der Waals surface area contributed by atoms with Crippen molar-refractivity contribution >= 4 is 75.1 Å². The lowest BCUT2D eigenvalue weighted by atomic mass is 10.1. The molecule has 0 N–H and O–H groups in total. The normalized spacial score (nSPS) is 11.9. The van der Waals surface area contributed by atoms with E-state index in [1.54, 1.807) is 0 Å². The summed E-state index contributed by atoms with van der Waals surface area (Å²) < 4.78 is 7.04. The largest absolute Gasteiger partial charge is 0.308 e. The van der Waals surface area contributed by atoms with Crippen LogP contribution in [0, 0.1) is 0 Å². The molecule has 6 aromatic carbocycles. The van der Waals surface area contributed by atoms with Crippen LogP contribution >= 0.6 is 11.3 Å². The lowest BCUT2D eigenvalue weighted by molar-refractivity contribution is 0.951. The number of rotatable bonds is 4. The highest BCUT2D eigenvalue weighted by molar-refractivity contribution is 7.25. The summed E-state index contributed by atoms with van der Waals surface area (Å²) in [5, 5.41) is 7.12. The molecule has 0 radical (unpaired) electrons. The third-order valence-corrected chi connectivity index (χ3v) is 11.0. The van der Waals surface area contributed by atoms with Crippen LogP contribution in [0.15, 0.2) is 158 Å². The van der Waals surface area contributed by atoms with Crippen molar-refractivity contribution in [3.8, 4) is 34.4 Å². The summed E-state index contributed by atoms with van der Waals surface area (Å²) >= 11 is 1.83. The standard InChI is InChI=1S/C44H26N6S/c1-2-12-27(13-3-1)42-46-43(48-44(47-42)50-35-18-8-4-14-28(35)29-15-5-9-19-36(29)50)31-17-6-10-20-37(31)49-38-22-23-45-26-34(38)32-24-33-30-16-7-11-21-40(30)51-41(33)25-39(32)49/h1-26H. The molecule has 6 nitrogen and oxygen atoms in total. The highest BCUT2D eigenvalue weighted by Gasteiger charge is 2.22. The Morgan fingerprint density at radius 2 is 1.10 bits per heavy atom. The van der Waals surface area contributed by atoms with Crippen LogP contribution in [0.3, 0.4) is 0 Å². The van der Waals surface area contributed by atoms with Gasteiger partial charge in [-0.25, -0.2) is 4.98 Å². The highest BCUT2D eigenvalue weighted by atomic mass is 32.1. The van der Waals surface area contributed by atoms with Gasteiger partial charge in [-0.2, -0.15) is 9.97 Å². The number of thiophene rings is 1. The summed E-state index contributed by atoms with van der Waals surface area (Å²) in [7, 11) is 0. The van der Waals surface area contributed by atoms with Gasteiger partial charge < -0.3 is 4.57 Å². The lowest BCUT2D eigenvalue weighted by Gasteiger charge is -2.15. The quantitative estimate of drug-likeness (QED) is 0.187. The van der Waals surface area contributed by atoms with Crippen LogP contribution < -0.4 is 0 Å². The molecular weight excluding hydrogens is 645 g/mol. The van der Waals surface area contributed by atoms with Gasteiger partial charge in [-0.3, -0.25) is 9.55 Å². The van der Waals surface area contributed by atoms with E-state index in [1.807, 2.05) is 41.9 Å². The topological polar surface area (TPSA) is 61.4 Å². The van der Waals surface area contributed by atoms with Gasteiger partial charge >= 0.3 is 0 Å². The summed E-state index contributed by atoms with van der Waals surface area (Å²) in [6.45, 7) is 0. The second-order valence-corrected chi connectivity index (χ2v) is 13.8. The van der Waals surface area contributed by atoms with Crippen molar-refractivity contribution < 1.29 is 0 Å². The molecule has 0 atom stereocenters. The monoisotopic (exact) mass is 670 g/mol. The van der Waals surface area contributed by atoms with Crippen LogP contribution in [-0.4, -0.2) is 29.1 Å². The number of hydrogen-bond acceptors (Lipinski definition) is 5. The third-order valence-electron chi connectivity index (χ3n) is 9.89. The number of nitrogens with zero attached hydrogens (tertiary/aromatic N) is 6. The van der Waals surface area contributed by atoms with Crippen molar-refractivity contribution in [2.24, 2.45) is 0 Å². The first-order valence-corrected chi connectivity index (χ1v) is 17.7. The molecule has 0 aliphatic rings. The molecule has 238 valence electrons. The van der Waals surface area contributed by atoms with E-state index in [4.69, 9.17) is 15.0 Å². The molecule has 0 spiro atoms. The van der Waals surface area contributed by atoms with Crippen LogP contribution in [0.1, 0.15) is 0 Å². The Bertz CT molecular complexity index is 3100. The summed E-state index contributed by atoms with van der Waals surface area (Å²) in [4.78, 5) is 20.2. The zero-order valence-electron chi connectivity index (χ0n) is 27.1. The smallest absolute Gasteiger partial charge is 0.238 e. The van der Waals surface area contributed by atoms with Gasteiger partial charge in [0.25, 0.3) is 0 Å². The van der Waals surface area contributed by atoms with Crippen LogP contribution in [0.25, 0.3) is 98.2 Å². The van der Waals surface area contributed by atoms with Gasteiger partial charge in [0, 0.05) is 65.2 Å². The number of fused-ring (bicyclic) bond motifs is 9. The molecule has 7 heteroatoms. The van der Waals surface area contributed by atoms with Gasteiger partial charge in [0.05, 0.1) is 27.8 Å². The van der Waals surface area contributed by atoms with Crippen LogP contribution in [0.2, 0.25) is 0 Å². The van der Waals surface area contributed by atoms with Crippen LogP contribution in [-0.2, 0) is 0 Å². The van der Waals surface area contributed by atoms with Crippen molar-refractivity contribution in [1.29, 1.82) is 0 Å². The van der Waals surface area contributed by atoms with E-state index in [0.717, 1.165) is 60.4 Å². The molecule has 0 fully saturated rings. The number of hydrogen-bond donors (Lipinski definition) is 0. The minimum absolute atomic E-state index is 0.574. The molecule has 0 unspecified atom stereocenters. The molecule has 5 aromatic heterocycles. The minimum Gasteiger partial charge on any atom is -0.308 e. The number of aromatic nitrogens is 6. The van der Waals surface area contributed by atoms with Gasteiger partial charge in [0.15, 0.2) is 11.6 Å². The van der Waals surface area contributed by atoms with Crippen molar-refractivity contribution in [2.45, 2.75) is 0 Å². The summed E-state index contributed by atoms with van der Waals surface area (Å²) in [5.41, 5.74) is 7.11. The Morgan fingerprint density at radius 3 is 1.92 bits per heavy atom. The molecule has 0 amide bonds. The Balaban J connectivity index is 1.21. The highest BCUT2D eigenvalue weighted by Crippen LogP contribution is 2.42. The van der Waals surface area contributed by atoms with Gasteiger partial charge in [-0.15, -0.1) is 11.3 Å². The molecule has 11 aromatic rings. The van der Waals surface area contributed by atoms with E-state index in [-0.39, 0.29) is 0 Å². The van der Waals surface area contributed by atoms with Gasteiger partial charge in [0.2, 0.25) is 5.95 Å². The summed E-state index contributed by atoms with van der Waals surface area (Å²) in [5.74, 6) is 1.79. The van der Waals surface area contributed by atoms with E-state index in [2.05, 4.69) is 142 Å². The van der Waals surface area contributed by atoms with Crippen molar-refractivity contribution in [3.05, 3.63) is 158 Å².